The molecule has 1 aromatic heterocycles. The van der Waals surface area contributed by atoms with E-state index in [1.54, 1.807) is 0 Å². The van der Waals surface area contributed by atoms with Crippen LogP contribution in [0.3, 0.4) is 0 Å². The summed E-state index contributed by atoms with van der Waals surface area (Å²) in [6, 6.07) is 0. The van der Waals surface area contributed by atoms with Gasteiger partial charge in [-0.3, -0.25) is 0 Å². The number of sulfone groups is 1. The molecule has 7 heteroatoms. The number of rotatable bonds is 4. The van der Waals surface area contributed by atoms with Gasteiger partial charge in [0.05, 0.1) is 17.0 Å². The van der Waals surface area contributed by atoms with E-state index in [0.717, 1.165) is 18.4 Å². The zero-order valence-electron chi connectivity index (χ0n) is 12.2. The Morgan fingerprint density at radius 2 is 2.10 bits per heavy atom. The first-order valence-corrected chi connectivity index (χ1v) is 8.68. The van der Waals surface area contributed by atoms with Crippen LogP contribution in [0, 0.1) is 6.92 Å². The number of nitrogen functional groups attached to an aromatic ring is 1. The van der Waals surface area contributed by atoms with Crippen molar-refractivity contribution in [2.24, 2.45) is 0 Å². The highest BCUT2D eigenvalue weighted by Gasteiger charge is 2.38. The van der Waals surface area contributed by atoms with Crippen molar-refractivity contribution in [3.05, 3.63) is 11.4 Å². The summed E-state index contributed by atoms with van der Waals surface area (Å²) in [5.41, 5.74) is 6.21. The van der Waals surface area contributed by atoms with Crippen molar-refractivity contribution in [2.45, 2.75) is 45.6 Å². The summed E-state index contributed by atoms with van der Waals surface area (Å²) in [4.78, 5) is 8.74. The van der Waals surface area contributed by atoms with E-state index in [1.807, 2.05) is 13.8 Å². The number of hydrogen-bond acceptors (Lipinski definition) is 6. The molecule has 0 spiro atoms. The summed E-state index contributed by atoms with van der Waals surface area (Å²) in [7, 11) is -2.95. The van der Waals surface area contributed by atoms with E-state index in [9.17, 15) is 8.42 Å². The molecular formula is C13H22N4O2S. The zero-order chi connectivity index (χ0) is 15.0. The minimum atomic E-state index is -2.95. The number of nitrogens with zero attached hydrogens (tertiary/aromatic N) is 2. The van der Waals surface area contributed by atoms with Crippen molar-refractivity contribution < 1.29 is 8.42 Å². The van der Waals surface area contributed by atoms with Crippen molar-refractivity contribution in [1.82, 2.24) is 9.97 Å². The average Bonchev–Trinajstić information content (AvgIpc) is 2.60. The van der Waals surface area contributed by atoms with Crippen LogP contribution in [-0.4, -0.2) is 35.4 Å². The fraction of sp³-hybridized carbons (Fsp3) is 0.692. The number of hydrogen-bond donors (Lipinski definition) is 2. The lowest BCUT2D eigenvalue weighted by molar-refractivity contribution is 0.570. The smallest absolute Gasteiger partial charge is 0.152 e. The predicted octanol–water partition coefficient (Wildman–Crippen LogP) is 1.31. The number of anilines is 2. The van der Waals surface area contributed by atoms with E-state index in [-0.39, 0.29) is 11.5 Å². The fourth-order valence-electron chi connectivity index (χ4n) is 2.43. The van der Waals surface area contributed by atoms with Crippen LogP contribution in [0.5, 0.6) is 0 Å². The number of aryl methyl sites for hydroxylation is 1. The lowest BCUT2D eigenvalue weighted by Crippen LogP contribution is -2.36. The number of nitrogens with two attached hydrogens (primary N) is 1. The Bertz CT molecular complexity index is 615. The Morgan fingerprint density at radius 3 is 2.65 bits per heavy atom. The third kappa shape index (κ3) is 3.20. The van der Waals surface area contributed by atoms with Gasteiger partial charge in [0.25, 0.3) is 0 Å². The summed E-state index contributed by atoms with van der Waals surface area (Å²) in [6.07, 6.45) is 2.28. The van der Waals surface area contributed by atoms with Crippen LogP contribution in [0.2, 0.25) is 0 Å². The van der Waals surface area contributed by atoms with Gasteiger partial charge in [0.2, 0.25) is 0 Å². The van der Waals surface area contributed by atoms with Gasteiger partial charge in [-0.05, 0) is 26.7 Å². The van der Waals surface area contributed by atoms with Crippen LogP contribution in [0.4, 0.5) is 11.6 Å². The number of nitrogens with one attached hydrogen (secondary N) is 1. The van der Waals surface area contributed by atoms with E-state index < -0.39 is 15.4 Å². The van der Waals surface area contributed by atoms with Gasteiger partial charge in [-0.15, -0.1) is 0 Å². The van der Waals surface area contributed by atoms with Crippen LogP contribution in [0.25, 0.3) is 0 Å². The van der Waals surface area contributed by atoms with Gasteiger partial charge in [0.15, 0.2) is 9.84 Å². The molecule has 0 radical (unpaired) electrons. The summed E-state index contributed by atoms with van der Waals surface area (Å²) >= 11 is 0. The van der Waals surface area contributed by atoms with Gasteiger partial charge < -0.3 is 11.1 Å². The quantitative estimate of drug-likeness (QED) is 0.869. The molecule has 112 valence electrons. The summed E-state index contributed by atoms with van der Waals surface area (Å²) < 4.78 is 23.3. The van der Waals surface area contributed by atoms with E-state index in [1.165, 1.54) is 0 Å². The Labute approximate surface area is 120 Å². The SMILES string of the molecule is CCCc1nc(N)c(C)c(NC2(C)CCS(=O)(=O)C2)n1. The first kappa shape index (κ1) is 15.0. The fourth-order valence-corrected chi connectivity index (χ4v) is 4.53. The topological polar surface area (TPSA) is 98.0 Å². The first-order chi connectivity index (χ1) is 9.25. The van der Waals surface area contributed by atoms with Crippen molar-refractivity contribution in [3.63, 3.8) is 0 Å². The van der Waals surface area contributed by atoms with E-state index in [2.05, 4.69) is 22.2 Å². The summed E-state index contributed by atoms with van der Waals surface area (Å²) in [5.74, 6) is 2.16. The summed E-state index contributed by atoms with van der Waals surface area (Å²) in [6.45, 7) is 5.81. The Hall–Kier alpha value is -1.37. The molecule has 0 bridgehead atoms. The Kier molecular flexibility index (Phi) is 3.90. The minimum Gasteiger partial charge on any atom is -0.383 e. The zero-order valence-corrected chi connectivity index (χ0v) is 13.0. The van der Waals surface area contributed by atoms with Crippen LogP contribution in [-0.2, 0) is 16.3 Å². The second kappa shape index (κ2) is 5.20. The first-order valence-electron chi connectivity index (χ1n) is 6.86. The molecule has 1 fully saturated rings. The maximum absolute atomic E-state index is 11.7. The highest BCUT2D eigenvalue weighted by molar-refractivity contribution is 7.91. The predicted molar refractivity (Wildman–Crippen MR) is 80.5 cm³/mol. The Morgan fingerprint density at radius 1 is 1.40 bits per heavy atom. The van der Waals surface area contributed by atoms with Crippen LogP contribution in [0.15, 0.2) is 0 Å². The van der Waals surface area contributed by atoms with Gasteiger partial charge in [0, 0.05) is 12.0 Å². The largest absolute Gasteiger partial charge is 0.383 e. The van der Waals surface area contributed by atoms with Crippen LogP contribution in [0.1, 0.15) is 38.1 Å². The van der Waals surface area contributed by atoms with Crippen molar-refractivity contribution in [1.29, 1.82) is 0 Å². The number of aromatic nitrogens is 2. The standard InChI is InChI=1S/C13H22N4O2S/c1-4-5-10-15-11(14)9(2)12(16-10)17-13(3)6-7-20(18,19)8-13/h4-8H2,1-3H3,(H3,14,15,16,17). The highest BCUT2D eigenvalue weighted by Crippen LogP contribution is 2.29. The monoisotopic (exact) mass is 298 g/mol. The molecule has 1 atom stereocenters. The van der Waals surface area contributed by atoms with Crippen molar-refractivity contribution in [3.8, 4) is 0 Å². The van der Waals surface area contributed by atoms with Gasteiger partial charge in [-0.2, -0.15) is 0 Å². The molecule has 0 amide bonds. The Balaban J connectivity index is 2.29. The second-order valence-corrected chi connectivity index (χ2v) is 7.96. The van der Waals surface area contributed by atoms with Crippen molar-refractivity contribution >= 4 is 21.5 Å². The second-order valence-electron chi connectivity index (χ2n) is 5.78. The van der Waals surface area contributed by atoms with Crippen molar-refractivity contribution in [2.75, 3.05) is 22.6 Å². The van der Waals surface area contributed by atoms with Gasteiger partial charge in [-0.1, -0.05) is 6.92 Å². The van der Waals surface area contributed by atoms with Gasteiger partial charge in [0.1, 0.15) is 17.5 Å². The van der Waals surface area contributed by atoms with Gasteiger partial charge in [-0.25, -0.2) is 18.4 Å². The molecule has 6 nitrogen and oxygen atoms in total. The molecule has 20 heavy (non-hydrogen) atoms. The third-order valence-corrected chi connectivity index (χ3v) is 5.53. The maximum Gasteiger partial charge on any atom is 0.152 e. The lowest BCUT2D eigenvalue weighted by atomic mass is 10.0. The molecular weight excluding hydrogens is 276 g/mol. The minimum absolute atomic E-state index is 0.131. The summed E-state index contributed by atoms with van der Waals surface area (Å²) in [5, 5.41) is 3.27. The molecule has 1 aliphatic rings. The maximum atomic E-state index is 11.7. The molecule has 2 rings (SSSR count). The molecule has 0 saturated carbocycles. The van der Waals surface area contributed by atoms with E-state index in [0.29, 0.717) is 23.9 Å². The molecule has 1 unspecified atom stereocenters. The normalized spacial score (nSPS) is 24.8. The molecule has 0 aliphatic carbocycles. The third-order valence-electron chi connectivity index (χ3n) is 3.63. The molecule has 3 N–H and O–H groups in total. The van der Waals surface area contributed by atoms with Gasteiger partial charge >= 0.3 is 0 Å². The lowest BCUT2D eigenvalue weighted by Gasteiger charge is -2.26. The highest BCUT2D eigenvalue weighted by atomic mass is 32.2. The molecule has 0 aromatic carbocycles. The molecule has 2 heterocycles. The molecule has 1 aromatic rings. The average molecular weight is 298 g/mol. The van der Waals surface area contributed by atoms with Crippen LogP contribution >= 0.6 is 0 Å². The molecule has 1 aliphatic heterocycles. The molecule has 1 saturated heterocycles. The van der Waals surface area contributed by atoms with E-state index >= 15 is 0 Å². The van der Waals surface area contributed by atoms with Crippen LogP contribution < -0.4 is 11.1 Å². The van der Waals surface area contributed by atoms with E-state index in [4.69, 9.17) is 5.73 Å².